The molecule has 2 unspecified atom stereocenters. The molecule has 0 radical (unpaired) electrons. The monoisotopic (exact) mass is 486 g/mol. The lowest BCUT2D eigenvalue weighted by atomic mass is 9.48. The Kier molecular flexibility index (Phi) is 6.71. The van der Waals surface area contributed by atoms with Crippen molar-refractivity contribution < 1.29 is 19.7 Å². The van der Waals surface area contributed by atoms with Gasteiger partial charge in [0.25, 0.3) is 0 Å². The van der Waals surface area contributed by atoms with Crippen LogP contribution in [0.15, 0.2) is 47.6 Å². The standard InChI is InChI=1S/C32H38O4/c1-31(2)21-13-15-23(25(31)19-21)27(33)9-7-17-35-29-11-5-6-12-30(29)36-18-8-10-28(34)24-16-14-22-20-26(24)32(22,3)4/h5-6,11-12,15-16,21-22,25-28,33-34H,13-14,17-20H2,1-4H3/t21-,22-,25+,26+,27?,28?/m1/s1. The highest BCUT2D eigenvalue weighted by molar-refractivity contribution is 5.40. The number of allylic oxidation sites excluding steroid dienone is 2. The normalized spacial score (nSPS) is 29.8. The maximum Gasteiger partial charge on any atom is 0.162 e. The fourth-order valence-electron chi connectivity index (χ4n) is 6.77. The molecule has 6 aliphatic carbocycles. The summed E-state index contributed by atoms with van der Waals surface area (Å²) in [6.07, 6.45) is 7.29. The summed E-state index contributed by atoms with van der Waals surface area (Å²) in [5.74, 6) is 15.4. The summed E-state index contributed by atoms with van der Waals surface area (Å²) in [5.41, 5.74) is 2.68. The van der Waals surface area contributed by atoms with Gasteiger partial charge in [-0.1, -0.05) is 75.7 Å². The second kappa shape index (κ2) is 9.66. The molecule has 0 saturated heterocycles. The van der Waals surface area contributed by atoms with E-state index in [1.165, 1.54) is 0 Å². The maximum absolute atomic E-state index is 10.6. The summed E-state index contributed by atoms with van der Waals surface area (Å²) < 4.78 is 11.7. The van der Waals surface area contributed by atoms with E-state index in [4.69, 9.17) is 9.47 Å². The summed E-state index contributed by atoms with van der Waals surface area (Å²) in [5, 5.41) is 21.2. The van der Waals surface area contributed by atoms with Crippen molar-refractivity contribution in [3.63, 3.8) is 0 Å². The Bertz CT molecular complexity index is 1090. The predicted octanol–water partition coefficient (Wildman–Crippen LogP) is 5.16. The molecular weight excluding hydrogens is 448 g/mol. The Morgan fingerprint density at radius 3 is 1.56 bits per heavy atom. The maximum atomic E-state index is 10.6. The predicted molar refractivity (Wildman–Crippen MR) is 141 cm³/mol. The lowest BCUT2D eigenvalue weighted by molar-refractivity contribution is -0.0169. The number of rotatable bonds is 6. The molecule has 7 rings (SSSR count). The van der Waals surface area contributed by atoms with E-state index < -0.39 is 12.2 Å². The molecule has 6 atom stereocenters. The Morgan fingerprint density at radius 1 is 0.778 bits per heavy atom. The minimum absolute atomic E-state index is 0.165. The van der Waals surface area contributed by atoms with Gasteiger partial charge >= 0.3 is 0 Å². The average Bonchev–Trinajstić information content (AvgIpc) is 2.89. The first-order valence-corrected chi connectivity index (χ1v) is 13.3. The molecular formula is C32H38O4. The number of para-hydroxylation sites is 2. The molecule has 4 nitrogen and oxygen atoms in total. The van der Waals surface area contributed by atoms with Gasteiger partial charge in [-0.3, -0.25) is 0 Å². The van der Waals surface area contributed by atoms with Crippen LogP contribution in [0.5, 0.6) is 11.5 Å². The molecule has 2 fully saturated rings. The largest absolute Gasteiger partial charge is 0.477 e. The summed E-state index contributed by atoms with van der Waals surface area (Å²) in [7, 11) is 0. The molecule has 36 heavy (non-hydrogen) atoms. The summed E-state index contributed by atoms with van der Waals surface area (Å²) in [4.78, 5) is 0. The Hall–Kier alpha value is -2.66. The fourth-order valence-corrected chi connectivity index (χ4v) is 6.77. The number of aliphatic hydroxyl groups excluding tert-OH is 2. The molecule has 2 N–H and O–H groups in total. The van der Waals surface area contributed by atoms with Gasteiger partial charge in [-0.05, 0) is 83.5 Å². The number of hydrogen-bond donors (Lipinski definition) is 2. The van der Waals surface area contributed by atoms with Crippen LogP contribution in [0.25, 0.3) is 0 Å². The molecule has 0 amide bonds. The molecule has 0 heterocycles. The van der Waals surface area contributed by atoms with Crippen LogP contribution < -0.4 is 9.47 Å². The van der Waals surface area contributed by atoms with Gasteiger partial charge in [0.15, 0.2) is 11.5 Å². The Morgan fingerprint density at radius 2 is 1.19 bits per heavy atom. The van der Waals surface area contributed by atoms with Crippen LogP contribution in [0.3, 0.4) is 0 Å². The lowest BCUT2D eigenvalue weighted by Gasteiger charge is -2.56. The lowest BCUT2D eigenvalue weighted by Crippen LogP contribution is -2.49. The van der Waals surface area contributed by atoms with Crippen LogP contribution in [0, 0.1) is 58.2 Å². The third-order valence-electron chi connectivity index (χ3n) is 9.58. The summed E-state index contributed by atoms with van der Waals surface area (Å²) in [6.45, 7) is 9.50. The van der Waals surface area contributed by atoms with E-state index in [9.17, 15) is 10.2 Å². The van der Waals surface area contributed by atoms with Crippen molar-refractivity contribution in [2.75, 3.05) is 13.2 Å². The second-order valence-electron chi connectivity index (χ2n) is 12.0. The average molecular weight is 487 g/mol. The fraction of sp³-hybridized carbons (Fsp3) is 0.562. The van der Waals surface area contributed by atoms with E-state index in [0.29, 0.717) is 23.3 Å². The highest BCUT2D eigenvalue weighted by Gasteiger charge is 2.53. The van der Waals surface area contributed by atoms with Crippen molar-refractivity contribution in [1.82, 2.24) is 0 Å². The molecule has 4 bridgehead atoms. The van der Waals surface area contributed by atoms with Crippen molar-refractivity contribution in [3.8, 4) is 35.2 Å². The third-order valence-corrected chi connectivity index (χ3v) is 9.58. The first-order valence-electron chi connectivity index (χ1n) is 13.3. The van der Waals surface area contributed by atoms with Gasteiger partial charge in [0.05, 0.1) is 0 Å². The molecule has 0 aromatic heterocycles. The Labute approximate surface area is 215 Å². The van der Waals surface area contributed by atoms with Crippen LogP contribution in [0.4, 0.5) is 0 Å². The van der Waals surface area contributed by atoms with Gasteiger partial charge < -0.3 is 19.7 Å². The number of hydrogen-bond acceptors (Lipinski definition) is 4. The zero-order valence-corrected chi connectivity index (χ0v) is 21.9. The molecule has 2 saturated carbocycles. The molecule has 1 aromatic rings. The van der Waals surface area contributed by atoms with Crippen LogP contribution in [0.1, 0.15) is 53.4 Å². The van der Waals surface area contributed by atoms with E-state index in [1.807, 2.05) is 24.3 Å². The SMILES string of the molecule is CC1(C)[C@@H]2CC=C(C(O)C#CCOc3ccccc3OCC#CC(O)C3=CC[C@@H]4C[C@@H]3C4(C)C)[C@@H]1C2. The third kappa shape index (κ3) is 4.47. The molecule has 1 aromatic carbocycles. The van der Waals surface area contributed by atoms with Crippen molar-refractivity contribution in [2.24, 2.45) is 34.5 Å². The van der Waals surface area contributed by atoms with Crippen molar-refractivity contribution in [3.05, 3.63) is 47.6 Å². The van der Waals surface area contributed by atoms with Crippen molar-refractivity contribution in [2.45, 2.75) is 65.6 Å². The molecule has 6 aliphatic rings. The van der Waals surface area contributed by atoms with Gasteiger partial charge in [0.2, 0.25) is 0 Å². The summed E-state index contributed by atoms with van der Waals surface area (Å²) in [6, 6.07) is 7.42. The topological polar surface area (TPSA) is 58.9 Å². The van der Waals surface area contributed by atoms with Gasteiger partial charge in [-0.25, -0.2) is 0 Å². The minimum Gasteiger partial charge on any atom is -0.477 e. The highest BCUT2D eigenvalue weighted by Crippen LogP contribution is 2.60. The van der Waals surface area contributed by atoms with E-state index >= 15 is 0 Å². The van der Waals surface area contributed by atoms with Crippen LogP contribution in [0.2, 0.25) is 0 Å². The van der Waals surface area contributed by atoms with E-state index in [1.54, 1.807) is 0 Å². The van der Waals surface area contributed by atoms with Gasteiger partial charge in [-0.15, -0.1) is 0 Å². The Balaban J connectivity index is 1.12. The van der Waals surface area contributed by atoms with Crippen LogP contribution in [-0.4, -0.2) is 35.6 Å². The van der Waals surface area contributed by atoms with E-state index in [0.717, 1.165) is 48.7 Å². The second-order valence-corrected chi connectivity index (χ2v) is 12.0. The quantitative estimate of drug-likeness (QED) is 0.431. The highest BCUT2D eigenvalue weighted by atomic mass is 16.5. The first-order chi connectivity index (χ1) is 17.2. The smallest absolute Gasteiger partial charge is 0.162 e. The van der Waals surface area contributed by atoms with Crippen LogP contribution >= 0.6 is 0 Å². The zero-order valence-electron chi connectivity index (χ0n) is 21.9. The number of fused-ring (bicyclic) bond motifs is 2. The van der Waals surface area contributed by atoms with Gasteiger partial charge in [0.1, 0.15) is 25.4 Å². The van der Waals surface area contributed by atoms with Gasteiger partial charge in [0, 0.05) is 0 Å². The van der Waals surface area contributed by atoms with Gasteiger partial charge in [-0.2, -0.15) is 0 Å². The molecule has 4 heteroatoms. The van der Waals surface area contributed by atoms with Crippen LogP contribution in [-0.2, 0) is 0 Å². The molecule has 190 valence electrons. The molecule has 0 aliphatic heterocycles. The molecule has 0 spiro atoms. The first kappa shape index (κ1) is 25.0. The number of ether oxygens (including phenoxy) is 2. The zero-order chi connectivity index (χ0) is 25.5. The minimum atomic E-state index is -0.733. The van der Waals surface area contributed by atoms with Crippen molar-refractivity contribution in [1.29, 1.82) is 0 Å². The van der Waals surface area contributed by atoms with Crippen molar-refractivity contribution >= 4 is 0 Å². The number of aliphatic hydroxyl groups is 2. The summed E-state index contributed by atoms with van der Waals surface area (Å²) >= 11 is 0. The number of benzene rings is 1. The van der Waals surface area contributed by atoms with E-state index in [-0.39, 0.29) is 24.0 Å². The van der Waals surface area contributed by atoms with E-state index in [2.05, 4.69) is 63.5 Å².